The van der Waals surface area contributed by atoms with Gasteiger partial charge in [-0.1, -0.05) is 26.0 Å². The van der Waals surface area contributed by atoms with Crippen LogP contribution in [0.15, 0.2) is 34.8 Å². The predicted molar refractivity (Wildman–Crippen MR) is 78.1 cm³/mol. The summed E-state index contributed by atoms with van der Waals surface area (Å²) >= 11 is 3.58. The Kier molecular flexibility index (Phi) is 4.19. The van der Waals surface area contributed by atoms with E-state index in [1.54, 1.807) is 0 Å². The number of para-hydroxylation sites is 1. The Morgan fingerprint density at radius 2 is 2.06 bits per heavy atom. The van der Waals surface area contributed by atoms with Crippen molar-refractivity contribution in [3.63, 3.8) is 0 Å². The molecule has 0 saturated heterocycles. The van der Waals surface area contributed by atoms with Crippen LogP contribution in [0.25, 0.3) is 5.69 Å². The van der Waals surface area contributed by atoms with Crippen molar-refractivity contribution < 1.29 is 0 Å². The third-order valence-electron chi connectivity index (χ3n) is 2.86. The fourth-order valence-corrected chi connectivity index (χ4v) is 2.40. The predicted octanol–water partition coefficient (Wildman–Crippen LogP) is 3.26. The summed E-state index contributed by atoms with van der Waals surface area (Å²) in [6.07, 6.45) is 0.817. The van der Waals surface area contributed by atoms with Crippen molar-refractivity contribution in [1.29, 1.82) is 0 Å². The monoisotopic (exact) mass is 307 g/mol. The molecule has 4 heteroatoms. The van der Waals surface area contributed by atoms with Crippen molar-refractivity contribution in [2.45, 2.75) is 26.2 Å². The molecule has 0 aliphatic carbocycles. The van der Waals surface area contributed by atoms with Gasteiger partial charge in [-0.3, -0.25) is 0 Å². The molecule has 1 aromatic carbocycles. The summed E-state index contributed by atoms with van der Waals surface area (Å²) in [4.78, 5) is 0. The van der Waals surface area contributed by atoms with Crippen LogP contribution in [0.2, 0.25) is 0 Å². The van der Waals surface area contributed by atoms with Gasteiger partial charge in [0, 0.05) is 16.6 Å². The first-order chi connectivity index (χ1) is 8.63. The fourth-order valence-electron chi connectivity index (χ4n) is 1.94. The van der Waals surface area contributed by atoms with Gasteiger partial charge in [0.05, 0.1) is 11.4 Å². The number of hydrogen-bond acceptors (Lipinski definition) is 2. The zero-order valence-electron chi connectivity index (χ0n) is 10.7. The number of aromatic nitrogens is 2. The van der Waals surface area contributed by atoms with E-state index < -0.39 is 0 Å². The molecular formula is C14H18BrN3. The highest BCUT2D eigenvalue weighted by atomic mass is 79.9. The van der Waals surface area contributed by atoms with Crippen molar-refractivity contribution >= 4 is 15.9 Å². The van der Waals surface area contributed by atoms with Crippen LogP contribution in [0.4, 0.5) is 0 Å². The molecule has 0 saturated carbocycles. The Morgan fingerprint density at radius 3 is 2.67 bits per heavy atom. The highest BCUT2D eigenvalue weighted by Gasteiger charge is 2.13. The van der Waals surface area contributed by atoms with E-state index in [0.717, 1.165) is 22.3 Å². The smallest absolute Gasteiger partial charge is 0.0790 e. The Bertz CT molecular complexity index is 532. The average Bonchev–Trinajstić information content (AvgIpc) is 2.74. The maximum atomic E-state index is 5.61. The van der Waals surface area contributed by atoms with Gasteiger partial charge >= 0.3 is 0 Å². The van der Waals surface area contributed by atoms with E-state index in [1.165, 1.54) is 5.69 Å². The van der Waals surface area contributed by atoms with Crippen molar-refractivity contribution in [2.75, 3.05) is 6.54 Å². The standard InChI is InChI=1S/C14H18BrN3/c1-10(2)14-9-11(7-8-16)17-18(14)13-6-4-3-5-12(13)15/h3-6,9-10H,7-8,16H2,1-2H3. The first-order valence-electron chi connectivity index (χ1n) is 6.17. The molecule has 0 spiro atoms. The summed E-state index contributed by atoms with van der Waals surface area (Å²) in [5.41, 5.74) is 8.95. The summed E-state index contributed by atoms with van der Waals surface area (Å²) in [6.45, 7) is 4.98. The minimum atomic E-state index is 0.427. The van der Waals surface area contributed by atoms with Gasteiger partial charge in [-0.15, -0.1) is 0 Å². The normalized spacial score (nSPS) is 11.2. The quantitative estimate of drug-likeness (QED) is 0.942. The minimum Gasteiger partial charge on any atom is -0.330 e. The summed E-state index contributed by atoms with van der Waals surface area (Å²) in [5.74, 6) is 0.427. The third kappa shape index (κ3) is 2.65. The SMILES string of the molecule is CC(C)c1cc(CCN)nn1-c1ccccc1Br. The molecule has 3 nitrogen and oxygen atoms in total. The molecule has 0 bridgehead atoms. The zero-order valence-corrected chi connectivity index (χ0v) is 12.3. The van der Waals surface area contributed by atoms with Gasteiger partial charge in [0.1, 0.15) is 0 Å². The second kappa shape index (κ2) is 5.67. The molecule has 0 fully saturated rings. The van der Waals surface area contributed by atoms with E-state index in [9.17, 15) is 0 Å². The van der Waals surface area contributed by atoms with E-state index in [1.807, 2.05) is 22.9 Å². The van der Waals surface area contributed by atoms with Gasteiger partial charge in [-0.25, -0.2) is 4.68 Å². The molecule has 0 amide bonds. The van der Waals surface area contributed by atoms with Gasteiger partial charge in [0.15, 0.2) is 0 Å². The Hall–Kier alpha value is -1.13. The lowest BCUT2D eigenvalue weighted by Crippen LogP contribution is -2.06. The highest BCUT2D eigenvalue weighted by molar-refractivity contribution is 9.10. The van der Waals surface area contributed by atoms with Gasteiger partial charge in [0.2, 0.25) is 0 Å². The number of halogens is 1. The van der Waals surface area contributed by atoms with Crippen LogP contribution in [-0.4, -0.2) is 16.3 Å². The Balaban J connectivity index is 2.52. The van der Waals surface area contributed by atoms with Crippen molar-refractivity contribution in [2.24, 2.45) is 5.73 Å². The van der Waals surface area contributed by atoms with Crippen molar-refractivity contribution in [3.05, 3.63) is 46.2 Å². The first kappa shape index (κ1) is 13.3. The molecular weight excluding hydrogens is 290 g/mol. The van der Waals surface area contributed by atoms with Crippen molar-refractivity contribution in [3.8, 4) is 5.69 Å². The third-order valence-corrected chi connectivity index (χ3v) is 3.53. The average molecular weight is 308 g/mol. The molecule has 0 atom stereocenters. The number of nitrogens with zero attached hydrogens (tertiary/aromatic N) is 2. The number of rotatable bonds is 4. The van der Waals surface area contributed by atoms with E-state index in [4.69, 9.17) is 5.73 Å². The molecule has 18 heavy (non-hydrogen) atoms. The number of nitrogens with two attached hydrogens (primary N) is 1. The summed E-state index contributed by atoms with van der Waals surface area (Å²) in [6, 6.07) is 10.3. The number of benzene rings is 1. The van der Waals surface area contributed by atoms with Crippen molar-refractivity contribution in [1.82, 2.24) is 9.78 Å². The minimum absolute atomic E-state index is 0.427. The van der Waals surface area contributed by atoms with E-state index in [0.29, 0.717) is 12.5 Å². The summed E-state index contributed by atoms with van der Waals surface area (Å²) in [5, 5.41) is 4.66. The second-order valence-electron chi connectivity index (χ2n) is 4.62. The Morgan fingerprint density at radius 1 is 1.33 bits per heavy atom. The lowest BCUT2D eigenvalue weighted by molar-refractivity contribution is 0.724. The van der Waals surface area contributed by atoms with Gasteiger partial charge in [-0.05, 0) is 46.6 Å². The maximum absolute atomic E-state index is 5.61. The van der Waals surface area contributed by atoms with Crippen LogP contribution in [0.5, 0.6) is 0 Å². The highest BCUT2D eigenvalue weighted by Crippen LogP contribution is 2.25. The molecule has 2 aromatic rings. The van der Waals surface area contributed by atoms with Crippen LogP contribution in [0, 0.1) is 0 Å². The summed E-state index contributed by atoms with van der Waals surface area (Å²) in [7, 11) is 0. The molecule has 2 N–H and O–H groups in total. The molecule has 2 rings (SSSR count). The molecule has 1 heterocycles. The van der Waals surface area contributed by atoms with E-state index in [-0.39, 0.29) is 0 Å². The van der Waals surface area contributed by atoms with Crippen LogP contribution >= 0.6 is 15.9 Å². The Labute approximate surface area is 116 Å². The van der Waals surface area contributed by atoms with Crippen LogP contribution < -0.4 is 5.73 Å². The van der Waals surface area contributed by atoms with E-state index >= 15 is 0 Å². The lowest BCUT2D eigenvalue weighted by Gasteiger charge is -2.11. The molecule has 96 valence electrons. The molecule has 0 radical (unpaired) electrons. The fraction of sp³-hybridized carbons (Fsp3) is 0.357. The molecule has 0 aliphatic rings. The molecule has 0 unspecified atom stereocenters. The van der Waals surface area contributed by atoms with Gasteiger partial charge in [0.25, 0.3) is 0 Å². The molecule has 0 aliphatic heterocycles. The van der Waals surface area contributed by atoms with Gasteiger partial charge < -0.3 is 5.73 Å². The van der Waals surface area contributed by atoms with E-state index in [2.05, 4.69) is 47.0 Å². The topological polar surface area (TPSA) is 43.8 Å². The second-order valence-corrected chi connectivity index (χ2v) is 5.47. The van der Waals surface area contributed by atoms with Crippen LogP contribution in [0.1, 0.15) is 31.2 Å². The first-order valence-corrected chi connectivity index (χ1v) is 6.96. The summed E-state index contributed by atoms with van der Waals surface area (Å²) < 4.78 is 3.06. The van der Waals surface area contributed by atoms with Gasteiger partial charge in [-0.2, -0.15) is 5.10 Å². The van der Waals surface area contributed by atoms with Crippen LogP contribution in [-0.2, 0) is 6.42 Å². The lowest BCUT2D eigenvalue weighted by atomic mass is 10.1. The zero-order chi connectivity index (χ0) is 13.1. The maximum Gasteiger partial charge on any atom is 0.0790 e. The number of hydrogen-bond donors (Lipinski definition) is 1. The molecule has 1 aromatic heterocycles. The largest absolute Gasteiger partial charge is 0.330 e. The van der Waals surface area contributed by atoms with Crippen LogP contribution in [0.3, 0.4) is 0 Å².